The van der Waals surface area contributed by atoms with E-state index < -0.39 is 11.7 Å². The highest BCUT2D eigenvalue weighted by molar-refractivity contribution is 5.90. The average molecular weight is 304 g/mol. The van der Waals surface area contributed by atoms with Gasteiger partial charge in [-0.1, -0.05) is 18.2 Å². The number of fused-ring (bicyclic) bond motifs is 1. The van der Waals surface area contributed by atoms with Crippen molar-refractivity contribution >= 4 is 23.0 Å². The number of ether oxygens (including phenoxy) is 2. The van der Waals surface area contributed by atoms with Gasteiger partial charge in [0.15, 0.2) is 0 Å². The van der Waals surface area contributed by atoms with Crippen LogP contribution in [-0.4, -0.2) is 34.6 Å². The molecule has 0 atom stereocenters. The van der Waals surface area contributed by atoms with Gasteiger partial charge in [-0.25, -0.2) is 4.79 Å². The predicted molar refractivity (Wildman–Crippen MR) is 81.7 cm³/mol. The predicted octanol–water partition coefficient (Wildman–Crippen LogP) is 2.93. The molecule has 1 heterocycles. The number of benzene rings is 1. The van der Waals surface area contributed by atoms with Crippen molar-refractivity contribution < 1.29 is 19.1 Å². The van der Waals surface area contributed by atoms with Gasteiger partial charge in [-0.05, 0) is 26.8 Å². The van der Waals surface area contributed by atoms with Gasteiger partial charge >= 0.3 is 12.1 Å². The van der Waals surface area contributed by atoms with E-state index in [2.05, 4.69) is 9.84 Å². The third-order valence-electron chi connectivity index (χ3n) is 3.02. The van der Waals surface area contributed by atoms with E-state index in [1.807, 2.05) is 18.2 Å². The van der Waals surface area contributed by atoms with Crippen LogP contribution in [0.15, 0.2) is 24.3 Å². The van der Waals surface area contributed by atoms with E-state index in [9.17, 15) is 9.59 Å². The fourth-order valence-electron chi connectivity index (χ4n) is 2.08. The highest BCUT2D eigenvalue weighted by Gasteiger charge is 2.22. The number of nitrogens with zero attached hydrogens (tertiary/aromatic N) is 2. The maximum absolute atomic E-state index is 12.3. The van der Waals surface area contributed by atoms with Crippen LogP contribution in [0.5, 0.6) is 0 Å². The van der Waals surface area contributed by atoms with Gasteiger partial charge in [-0.2, -0.15) is 9.78 Å². The molecular weight excluding hydrogens is 284 g/mol. The lowest BCUT2D eigenvalue weighted by Gasteiger charge is -2.19. The molecule has 0 saturated heterocycles. The second kappa shape index (κ2) is 6.17. The Bertz CT molecular complexity index is 698. The molecule has 0 aliphatic heterocycles. The van der Waals surface area contributed by atoms with Gasteiger partial charge in [0.05, 0.1) is 24.7 Å². The Morgan fingerprint density at radius 3 is 2.55 bits per heavy atom. The summed E-state index contributed by atoms with van der Waals surface area (Å²) in [5.41, 5.74) is 0.736. The van der Waals surface area contributed by atoms with E-state index in [4.69, 9.17) is 4.74 Å². The first-order valence-corrected chi connectivity index (χ1v) is 7.08. The summed E-state index contributed by atoms with van der Waals surface area (Å²) in [5.74, 6) is -0.309. The molecule has 1 aromatic heterocycles. The number of carbonyl (C=O) groups is 2. The second-order valence-corrected chi connectivity index (χ2v) is 5.93. The Hall–Kier alpha value is -2.37. The maximum atomic E-state index is 12.3. The van der Waals surface area contributed by atoms with Crippen molar-refractivity contribution in [2.75, 3.05) is 7.11 Å². The molecule has 0 fully saturated rings. The Morgan fingerprint density at radius 2 is 1.91 bits per heavy atom. The van der Waals surface area contributed by atoms with Crippen molar-refractivity contribution in [3.8, 4) is 0 Å². The Kier molecular flexibility index (Phi) is 4.49. The van der Waals surface area contributed by atoms with Crippen molar-refractivity contribution in [2.45, 2.75) is 39.2 Å². The first-order valence-electron chi connectivity index (χ1n) is 7.08. The summed E-state index contributed by atoms with van der Waals surface area (Å²) >= 11 is 0. The molecule has 0 unspecified atom stereocenters. The molecule has 1 aromatic carbocycles. The third kappa shape index (κ3) is 3.63. The molecule has 0 amide bonds. The number of esters is 1. The number of aromatic nitrogens is 2. The van der Waals surface area contributed by atoms with Crippen LogP contribution in [-0.2, 0) is 20.7 Å². The van der Waals surface area contributed by atoms with Crippen LogP contribution in [0.2, 0.25) is 0 Å². The van der Waals surface area contributed by atoms with Gasteiger partial charge in [0.1, 0.15) is 5.60 Å². The molecule has 0 saturated carbocycles. The molecule has 0 N–H and O–H groups in total. The molecule has 2 aromatic rings. The summed E-state index contributed by atoms with van der Waals surface area (Å²) in [6, 6.07) is 7.36. The summed E-state index contributed by atoms with van der Waals surface area (Å²) in [7, 11) is 1.35. The van der Waals surface area contributed by atoms with Crippen LogP contribution in [0.25, 0.3) is 10.9 Å². The smallest absolute Gasteiger partial charge is 0.435 e. The minimum absolute atomic E-state index is 0.214. The number of hydrogen-bond acceptors (Lipinski definition) is 5. The van der Waals surface area contributed by atoms with E-state index in [1.54, 1.807) is 26.8 Å². The normalized spacial score (nSPS) is 11.5. The van der Waals surface area contributed by atoms with E-state index >= 15 is 0 Å². The summed E-state index contributed by atoms with van der Waals surface area (Å²) in [6.07, 6.45) is 0.0856. The van der Waals surface area contributed by atoms with Crippen molar-refractivity contribution in [2.24, 2.45) is 0 Å². The average Bonchev–Trinajstić information content (AvgIpc) is 2.82. The minimum atomic E-state index is -0.601. The van der Waals surface area contributed by atoms with Gasteiger partial charge in [-0.15, -0.1) is 0 Å². The van der Waals surface area contributed by atoms with Crippen LogP contribution in [0.4, 0.5) is 4.79 Å². The summed E-state index contributed by atoms with van der Waals surface area (Å²) < 4.78 is 11.2. The van der Waals surface area contributed by atoms with E-state index in [0.717, 1.165) is 5.39 Å². The lowest BCUT2D eigenvalue weighted by molar-refractivity contribution is -0.140. The quantitative estimate of drug-likeness (QED) is 0.815. The van der Waals surface area contributed by atoms with Crippen molar-refractivity contribution in [1.29, 1.82) is 0 Å². The summed E-state index contributed by atoms with van der Waals surface area (Å²) in [5, 5.41) is 5.14. The number of para-hydroxylation sites is 1. The number of methoxy groups -OCH3 is 1. The molecule has 6 heteroatoms. The molecule has 2 rings (SSSR count). The van der Waals surface area contributed by atoms with Gasteiger partial charge < -0.3 is 9.47 Å². The molecule has 118 valence electrons. The van der Waals surface area contributed by atoms with Gasteiger partial charge in [0.2, 0.25) is 0 Å². The SMILES string of the molecule is COC(=O)CCc1nn(C(=O)OC(C)(C)C)c2ccccc12. The number of aryl methyl sites for hydroxylation is 1. The Labute approximate surface area is 129 Å². The van der Waals surface area contributed by atoms with Crippen LogP contribution < -0.4 is 0 Å². The minimum Gasteiger partial charge on any atom is -0.469 e. The lowest BCUT2D eigenvalue weighted by atomic mass is 10.1. The maximum Gasteiger partial charge on any atom is 0.435 e. The van der Waals surface area contributed by atoms with Gasteiger partial charge in [0, 0.05) is 11.8 Å². The van der Waals surface area contributed by atoms with Crippen molar-refractivity contribution in [3.05, 3.63) is 30.0 Å². The topological polar surface area (TPSA) is 70.4 Å². The fraction of sp³-hybridized carbons (Fsp3) is 0.438. The largest absolute Gasteiger partial charge is 0.469 e. The highest BCUT2D eigenvalue weighted by Crippen LogP contribution is 2.21. The van der Waals surface area contributed by atoms with E-state index in [1.165, 1.54) is 11.8 Å². The van der Waals surface area contributed by atoms with E-state index in [-0.39, 0.29) is 12.4 Å². The molecule has 0 radical (unpaired) electrons. The van der Waals surface area contributed by atoms with Crippen LogP contribution in [0, 0.1) is 0 Å². The number of rotatable bonds is 3. The molecule has 0 bridgehead atoms. The van der Waals surface area contributed by atoms with Gasteiger partial charge in [0.25, 0.3) is 0 Å². The summed E-state index contributed by atoms with van der Waals surface area (Å²) in [4.78, 5) is 23.6. The first-order chi connectivity index (χ1) is 10.3. The van der Waals surface area contributed by atoms with Gasteiger partial charge in [-0.3, -0.25) is 4.79 Å². The highest BCUT2D eigenvalue weighted by atomic mass is 16.6. The fourth-order valence-corrected chi connectivity index (χ4v) is 2.08. The van der Waals surface area contributed by atoms with Crippen LogP contribution in [0.3, 0.4) is 0 Å². The standard InChI is InChI=1S/C16H20N2O4/c1-16(2,3)22-15(20)18-13-8-6-5-7-11(13)12(17-18)9-10-14(19)21-4/h5-8H,9-10H2,1-4H3. The van der Waals surface area contributed by atoms with E-state index in [0.29, 0.717) is 17.6 Å². The lowest BCUT2D eigenvalue weighted by Crippen LogP contribution is -2.27. The number of carbonyl (C=O) groups excluding carboxylic acids is 2. The van der Waals surface area contributed by atoms with Crippen LogP contribution in [0.1, 0.15) is 32.9 Å². The summed E-state index contributed by atoms with van der Waals surface area (Å²) in [6.45, 7) is 5.40. The zero-order valence-electron chi connectivity index (χ0n) is 13.3. The molecule has 22 heavy (non-hydrogen) atoms. The van der Waals surface area contributed by atoms with Crippen molar-refractivity contribution in [3.63, 3.8) is 0 Å². The molecule has 0 spiro atoms. The van der Waals surface area contributed by atoms with Crippen molar-refractivity contribution in [1.82, 2.24) is 9.78 Å². The number of hydrogen-bond donors (Lipinski definition) is 0. The Balaban J connectivity index is 2.35. The molecule has 0 aliphatic carbocycles. The first kappa shape index (κ1) is 16.0. The third-order valence-corrected chi connectivity index (χ3v) is 3.02. The molecular formula is C16H20N2O4. The zero-order chi connectivity index (χ0) is 16.3. The van der Waals surface area contributed by atoms with Crippen LogP contribution >= 0.6 is 0 Å². The monoisotopic (exact) mass is 304 g/mol. The zero-order valence-corrected chi connectivity index (χ0v) is 13.3. The molecule has 0 aliphatic rings. The Morgan fingerprint density at radius 1 is 1.23 bits per heavy atom. The molecule has 6 nitrogen and oxygen atoms in total. The second-order valence-electron chi connectivity index (χ2n) is 5.93.